The maximum Gasteiger partial charge on any atom is 0.293 e. The molecule has 6 heteroatoms. The van der Waals surface area contributed by atoms with Crippen LogP contribution >= 0.6 is 15.9 Å². The van der Waals surface area contributed by atoms with Gasteiger partial charge in [-0.25, -0.2) is 4.98 Å². The fourth-order valence-corrected chi connectivity index (χ4v) is 3.03. The van der Waals surface area contributed by atoms with Crippen LogP contribution in [0.25, 0.3) is 5.69 Å². The molecule has 0 atom stereocenters. The predicted octanol–water partition coefficient (Wildman–Crippen LogP) is 3.55. The number of hydrogen-bond acceptors (Lipinski definition) is 3. The number of nitro benzene ring substituents is 1. The lowest BCUT2D eigenvalue weighted by Crippen LogP contribution is -2.08. The van der Waals surface area contributed by atoms with Gasteiger partial charge in [0.05, 0.1) is 16.9 Å². The van der Waals surface area contributed by atoms with Crippen LogP contribution in [0.15, 0.2) is 24.5 Å². The van der Waals surface area contributed by atoms with Crippen molar-refractivity contribution in [3.05, 3.63) is 51.6 Å². The minimum Gasteiger partial charge on any atom is -0.297 e. The highest BCUT2D eigenvalue weighted by atomic mass is 79.9. The SMILES string of the molecule is O=[N+]([O-])c1cc(CBr)ccc1-n1cnc2c1CCCC2. The average Bonchev–Trinajstić information content (AvgIpc) is 2.90. The summed E-state index contributed by atoms with van der Waals surface area (Å²) in [6, 6.07) is 5.34. The molecule has 104 valence electrons. The summed E-state index contributed by atoms with van der Waals surface area (Å²) in [5.74, 6) is 0. The molecule has 0 N–H and O–H groups in total. The van der Waals surface area contributed by atoms with Crippen molar-refractivity contribution in [2.75, 3.05) is 0 Å². The molecule has 20 heavy (non-hydrogen) atoms. The van der Waals surface area contributed by atoms with E-state index in [1.807, 2.05) is 16.7 Å². The molecule has 0 unspecified atom stereocenters. The number of nitrogens with zero attached hydrogens (tertiary/aromatic N) is 3. The van der Waals surface area contributed by atoms with Crippen molar-refractivity contribution >= 4 is 21.6 Å². The average molecular weight is 336 g/mol. The van der Waals surface area contributed by atoms with Crippen LogP contribution in [-0.4, -0.2) is 14.5 Å². The monoisotopic (exact) mass is 335 g/mol. The number of halogens is 1. The second-order valence-electron chi connectivity index (χ2n) is 4.93. The van der Waals surface area contributed by atoms with E-state index in [9.17, 15) is 10.1 Å². The van der Waals surface area contributed by atoms with Crippen molar-refractivity contribution in [2.45, 2.75) is 31.0 Å². The molecule has 0 spiro atoms. The highest BCUT2D eigenvalue weighted by molar-refractivity contribution is 9.08. The van der Waals surface area contributed by atoms with Crippen LogP contribution in [0.3, 0.4) is 0 Å². The smallest absolute Gasteiger partial charge is 0.293 e. The van der Waals surface area contributed by atoms with Gasteiger partial charge in [-0.1, -0.05) is 22.0 Å². The molecule has 1 aliphatic rings. The fourth-order valence-electron chi connectivity index (χ4n) is 2.68. The number of hydrogen-bond donors (Lipinski definition) is 0. The molecule has 5 nitrogen and oxygen atoms in total. The largest absolute Gasteiger partial charge is 0.297 e. The Labute approximate surface area is 124 Å². The van der Waals surface area contributed by atoms with Crippen LogP contribution in [-0.2, 0) is 18.2 Å². The summed E-state index contributed by atoms with van der Waals surface area (Å²) >= 11 is 3.33. The molecule has 0 radical (unpaired) electrons. The van der Waals surface area contributed by atoms with E-state index in [0.717, 1.165) is 42.6 Å². The summed E-state index contributed by atoms with van der Waals surface area (Å²) in [5, 5.41) is 11.9. The van der Waals surface area contributed by atoms with Gasteiger partial charge < -0.3 is 0 Å². The lowest BCUT2D eigenvalue weighted by Gasteiger charge is -2.14. The van der Waals surface area contributed by atoms with E-state index in [1.165, 1.54) is 0 Å². The predicted molar refractivity (Wildman–Crippen MR) is 79.5 cm³/mol. The third kappa shape index (κ3) is 2.24. The Balaban J connectivity index is 2.14. The Kier molecular flexibility index (Phi) is 3.56. The van der Waals surface area contributed by atoms with Crippen molar-refractivity contribution < 1.29 is 4.92 Å². The van der Waals surface area contributed by atoms with E-state index in [4.69, 9.17) is 0 Å². The van der Waals surface area contributed by atoms with Crippen LogP contribution in [0, 0.1) is 10.1 Å². The molecule has 0 saturated heterocycles. The lowest BCUT2D eigenvalue weighted by atomic mass is 10.0. The van der Waals surface area contributed by atoms with Gasteiger partial charge in [0.2, 0.25) is 0 Å². The summed E-state index contributed by atoms with van der Waals surface area (Å²) in [7, 11) is 0. The van der Waals surface area contributed by atoms with Crippen molar-refractivity contribution in [1.82, 2.24) is 9.55 Å². The molecule has 1 aromatic heterocycles. The topological polar surface area (TPSA) is 61.0 Å². The highest BCUT2D eigenvalue weighted by Crippen LogP contribution is 2.29. The van der Waals surface area contributed by atoms with Gasteiger partial charge >= 0.3 is 0 Å². The van der Waals surface area contributed by atoms with Gasteiger partial charge in [-0.2, -0.15) is 0 Å². The quantitative estimate of drug-likeness (QED) is 0.489. The first-order chi connectivity index (χ1) is 9.70. The first-order valence-corrected chi connectivity index (χ1v) is 7.71. The molecule has 3 rings (SSSR count). The zero-order valence-corrected chi connectivity index (χ0v) is 12.5. The number of alkyl halides is 1. The highest BCUT2D eigenvalue weighted by Gasteiger charge is 2.21. The second-order valence-corrected chi connectivity index (χ2v) is 5.49. The van der Waals surface area contributed by atoms with Crippen LogP contribution < -0.4 is 0 Å². The maximum atomic E-state index is 11.3. The van der Waals surface area contributed by atoms with E-state index in [0.29, 0.717) is 11.0 Å². The Bertz CT molecular complexity index is 666. The minimum absolute atomic E-state index is 0.132. The number of imidazole rings is 1. The number of benzene rings is 1. The first-order valence-electron chi connectivity index (χ1n) is 6.59. The van der Waals surface area contributed by atoms with E-state index < -0.39 is 0 Å². The number of aromatic nitrogens is 2. The summed E-state index contributed by atoms with van der Waals surface area (Å²) in [4.78, 5) is 15.4. The standard InChI is InChI=1S/C14H14BrN3O2/c15-8-10-5-6-13(14(7-10)18(19)20)17-9-16-11-3-1-2-4-12(11)17/h5-7,9H,1-4,8H2. The second kappa shape index (κ2) is 5.36. The van der Waals surface area contributed by atoms with E-state index in [1.54, 1.807) is 12.4 Å². The van der Waals surface area contributed by atoms with Gasteiger partial charge in [0, 0.05) is 17.1 Å². The molecule has 0 amide bonds. The van der Waals surface area contributed by atoms with Crippen LogP contribution in [0.2, 0.25) is 0 Å². The Morgan fingerprint density at radius 2 is 2.15 bits per heavy atom. The van der Waals surface area contributed by atoms with Crippen molar-refractivity contribution in [3.8, 4) is 5.69 Å². The van der Waals surface area contributed by atoms with E-state index in [2.05, 4.69) is 20.9 Å². The summed E-state index contributed by atoms with van der Waals surface area (Å²) in [6.45, 7) is 0. The molecule has 1 heterocycles. The van der Waals surface area contributed by atoms with Gasteiger partial charge in [-0.15, -0.1) is 0 Å². The molecule has 1 aromatic carbocycles. The zero-order chi connectivity index (χ0) is 14.1. The Hall–Kier alpha value is -1.69. The van der Waals surface area contributed by atoms with Crippen molar-refractivity contribution in [3.63, 3.8) is 0 Å². The zero-order valence-electron chi connectivity index (χ0n) is 10.9. The Morgan fingerprint density at radius 3 is 2.90 bits per heavy atom. The molecule has 0 bridgehead atoms. The molecular weight excluding hydrogens is 322 g/mol. The van der Waals surface area contributed by atoms with Crippen molar-refractivity contribution in [2.24, 2.45) is 0 Å². The van der Waals surface area contributed by atoms with Crippen LogP contribution in [0.4, 0.5) is 5.69 Å². The minimum atomic E-state index is -0.323. The molecule has 0 aliphatic heterocycles. The molecule has 2 aromatic rings. The Morgan fingerprint density at radius 1 is 1.35 bits per heavy atom. The fraction of sp³-hybridized carbons (Fsp3) is 0.357. The third-order valence-corrected chi connectivity index (χ3v) is 4.33. The van der Waals surface area contributed by atoms with Crippen LogP contribution in [0.1, 0.15) is 29.8 Å². The number of fused-ring (bicyclic) bond motifs is 1. The van der Waals surface area contributed by atoms with Gasteiger partial charge in [0.15, 0.2) is 0 Å². The van der Waals surface area contributed by atoms with Gasteiger partial charge in [-0.05, 0) is 37.3 Å². The van der Waals surface area contributed by atoms with Gasteiger partial charge in [0.1, 0.15) is 5.69 Å². The summed E-state index contributed by atoms with van der Waals surface area (Å²) in [6.07, 6.45) is 5.88. The van der Waals surface area contributed by atoms with Crippen molar-refractivity contribution in [1.29, 1.82) is 0 Å². The molecular formula is C14H14BrN3O2. The van der Waals surface area contributed by atoms with Crippen LogP contribution in [0.5, 0.6) is 0 Å². The molecule has 0 saturated carbocycles. The molecule has 0 fully saturated rings. The van der Waals surface area contributed by atoms with Gasteiger partial charge in [-0.3, -0.25) is 14.7 Å². The summed E-state index contributed by atoms with van der Waals surface area (Å²) in [5.41, 5.74) is 3.83. The third-order valence-electron chi connectivity index (χ3n) is 3.68. The number of rotatable bonds is 3. The van der Waals surface area contributed by atoms with Gasteiger partial charge in [0.25, 0.3) is 5.69 Å². The first kappa shape index (κ1) is 13.3. The normalized spacial score (nSPS) is 14.1. The van der Waals surface area contributed by atoms with E-state index in [-0.39, 0.29) is 10.6 Å². The lowest BCUT2D eigenvalue weighted by molar-refractivity contribution is -0.384. The maximum absolute atomic E-state index is 11.3. The summed E-state index contributed by atoms with van der Waals surface area (Å²) < 4.78 is 1.88. The number of aryl methyl sites for hydroxylation is 1. The number of nitro groups is 1. The molecule has 1 aliphatic carbocycles. The van der Waals surface area contributed by atoms with E-state index >= 15 is 0 Å².